The Morgan fingerprint density at radius 2 is 2.00 bits per heavy atom. The lowest BCUT2D eigenvalue weighted by molar-refractivity contribution is 0.687. The van der Waals surface area contributed by atoms with Crippen molar-refractivity contribution in [1.29, 1.82) is 0 Å². The Kier molecular flexibility index (Phi) is 4.00. The summed E-state index contributed by atoms with van der Waals surface area (Å²) in [4.78, 5) is 4.17. The standard InChI is InChI=1S/C16H19N5/c1-2-20-13-17-9-16(20)10-18-15-8-19-21(12-15)11-14-6-4-3-5-7-14/h3-9,12-13,18H,2,10-11H2,1H3. The molecule has 2 heterocycles. The van der Waals surface area contributed by atoms with Crippen molar-refractivity contribution in [2.75, 3.05) is 5.32 Å². The van der Waals surface area contributed by atoms with Crippen molar-refractivity contribution >= 4 is 5.69 Å². The Hall–Kier alpha value is -2.56. The van der Waals surface area contributed by atoms with Crippen LogP contribution in [-0.4, -0.2) is 19.3 Å². The molecule has 0 saturated heterocycles. The predicted molar refractivity (Wildman–Crippen MR) is 83.0 cm³/mol. The molecule has 0 aliphatic rings. The number of rotatable bonds is 6. The Labute approximate surface area is 124 Å². The lowest BCUT2D eigenvalue weighted by Gasteiger charge is -2.06. The fraction of sp³-hybridized carbons (Fsp3) is 0.250. The minimum absolute atomic E-state index is 0.755. The van der Waals surface area contributed by atoms with E-state index in [-0.39, 0.29) is 0 Å². The second-order valence-corrected chi connectivity index (χ2v) is 4.94. The Morgan fingerprint density at radius 1 is 1.14 bits per heavy atom. The molecular formula is C16H19N5. The van der Waals surface area contributed by atoms with Crippen LogP contribution in [0.2, 0.25) is 0 Å². The molecule has 0 fully saturated rings. The number of nitrogens with zero attached hydrogens (tertiary/aromatic N) is 4. The van der Waals surface area contributed by atoms with Crippen molar-refractivity contribution < 1.29 is 0 Å². The Balaban J connectivity index is 1.60. The summed E-state index contributed by atoms with van der Waals surface area (Å²) in [6, 6.07) is 10.3. The Bertz CT molecular complexity index is 684. The quantitative estimate of drug-likeness (QED) is 0.756. The molecule has 5 nitrogen and oxygen atoms in total. The lowest BCUT2D eigenvalue weighted by Crippen LogP contribution is -2.05. The van der Waals surface area contributed by atoms with Crippen LogP contribution in [0.25, 0.3) is 0 Å². The van der Waals surface area contributed by atoms with E-state index < -0.39 is 0 Å². The summed E-state index contributed by atoms with van der Waals surface area (Å²) in [5, 5.41) is 7.77. The van der Waals surface area contributed by atoms with Gasteiger partial charge in [0.2, 0.25) is 0 Å². The second kappa shape index (κ2) is 6.26. The van der Waals surface area contributed by atoms with E-state index in [1.54, 1.807) is 0 Å². The first-order valence-electron chi connectivity index (χ1n) is 7.14. The lowest BCUT2D eigenvalue weighted by atomic mass is 10.2. The molecule has 0 atom stereocenters. The average Bonchev–Trinajstić information content (AvgIpc) is 3.15. The molecular weight excluding hydrogens is 262 g/mol. The molecule has 0 aliphatic heterocycles. The molecule has 0 amide bonds. The van der Waals surface area contributed by atoms with Gasteiger partial charge in [-0.15, -0.1) is 0 Å². The van der Waals surface area contributed by atoms with Gasteiger partial charge in [0.15, 0.2) is 0 Å². The molecule has 0 radical (unpaired) electrons. The first kappa shape index (κ1) is 13.4. The maximum atomic E-state index is 4.39. The summed E-state index contributed by atoms with van der Waals surface area (Å²) < 4.78 is 4.07. The van der Waals surface area contributed by atoms with Gasteiger partial charge >= 0.3 is 0 Å². The van der Waals surface area contributed by atoms with Crippen molar-refractivity contribution in [2.45, 2.75) is 26.6 Å². The van der Waals surface area contributed by atoms with Gasteiger partial charge in [-0.05, 0) is 12.5 Å². The molecule has 108 valence electrons. The van der Waals surface area contributed by atoms with Crippen molar-refractivity contribution in [3.63, 3.8) is 0 Å². The summed E-state index contributed by atoms with van der Waals surface area (Å²) in [7, 11) is 0. The number of anilines is 1. The van der Waals surface area contributed by atoms with Gasteiger partial charge in [-0.2, -0.15) is 5.10 Å². The number of benzene rings is 1. The largest absolute Gasteiger partial charge is 0.377 e. The number of hydrogen-bond acceptors (Lipinski definition) is 3. The molecule has 1 aromatic carbocycles. The van der Waals surface area contributed by atoms with Crippen LogP contribution in [0.4, 0.5) is 5.69 Å². The molecule has 0 spiro atoms. The van der Waals surface area contributed by atoms with Crippen molar-refractivity contribution in [2.24, 2.45) is 0 Å². The molecule has 3 rings (SSSR count). The second-order valence-electron chi connectivity index (χ2n) is 4.94. The summed E-state index contributed by atoms with van der Waals surface area (Å²) in [5.41, 5.74) is 3.44. The van der Waals surface area contributed by atoms with Crippen LogP contribution in [0.15, 0.2) is 55.2 Å². The van der Waals surface area contributed by atoms with Crippen molar-refractivity contribution in [1.82, 2.24) is 19.3 Å². The fourth-order valence-electron chi connectivity index (χ4n) is 2.28. The minimum atomic E-state index is 0.755. The zero-order valence-corrected chi connectivity index (χ0v) is 12.1. The van der Waals surface area contributed by atoms with Gasteiger partial charge in [-0.25, -0.2) is 4.98 Å². The normalized spacial score (nSPS) is 10.7. The van der Waals surface area contributed by atoms with E-state index in [0.29, 0.717) is 0 Å². The third-order valence-electron chi connectivity index (χ3n) is 3.43. The molecule has 0 aliphatic carbocycles. The fourth-order valence-corrected chi connectivity index (χ4v) is 2.28. The van der Waals surface area contributed by atoms with Gasteiger partial charge in [0.1, 0.15) is 0 Å². The third-order valence-corrected chi connectivity index (χ3v) is 3.43. The van der Waals surface area contributed by atoms with Crippen LogP contribution >= 0.6 is 0 Å². The van der Waals surface area contributed by atoms with Crippen LogP contribution in [0.1, 0.15) is 18.2 Å². The number of imidazole rings is 1. The van der Waals surface area contributed by atoms with Crippen LogP contribution in [0, 0.1) is 0 Å². The first-order valence-corrected chi connectivity index (χ1v) is 7.14. The molecule has 0 saturated carbocycles. The van der Waals surface area contributed by atoms with Crippen LogP contribution < -0.4 is 5.32 Å². The topological polar surface area (TPSA) is 47.7 Å². The maximum absolute atomic E-state index is 4.39. The highest BCUT2D eigenvalue weighted by Gasteiger charge is 2.02. The van der Waals surface area contributed by atoms with Gasteiger partial charge in [0.25, 0.3) is 0 Å². The molecule has 21 heavy (non-hydrogen) atoms. The highest BCUT2D eigenvalue weighted by molar-refractivity contribution is 5.38. The molecule has 2 aromatic heterocycles. The SMILES string of the molecule is CCn1cncc1CNc1cnn(Cc2ccccc2)c1. The smallest absolute Gasteiger partial charge is 0.0948 e. The zero-order chi connectivity index (χ0) is 14.5. The summed E-state index contributed by atoms with van der Waals surface area (Å²) in [5.74, 6) is 0. The van der Waals surface area contributed by atoms with E-state index in [2.05, 4.69) is 39.0 Å². The number of aromatic nitrogens is 4. The summed E-state index contributed by atoms with van der Waals surface area (Å²) >= 11 is 0. The predicted octanol–water partition coefficient (Wildman–Crippen LogP) is 2.76. The number of nitrogens with one attached hydrogen (secondary N) is 1. The average molecular weight is 281 g/mol. The van der Waals surface area contributed by atoms with Crippen LogP contribution in [-0.2, 0) is 19.6 Å². The molecule has 1 N–H and O–H groups in total. The first-order chi connectivity index (χ1) is 10.3. The van der Waals surface area contributed by atoms with Gasteiger partial charge in [-0.3, -0.25) is 4.68 Å². The van der Waals surface area contributed by atoms with Crippen molar-refractivity contribution in [3.05, 3.63) is 66.5 Å². The monoisotopic (exact) mass is 281 g/mol. The van der Waals surface area contributed by atoms with E-state index in [1.807, 2.05) is 47.8 Å². The maximum Gasteiger partial charge on any atom is 0.0948 e. The van der Waals surface area contributed by atoms with Gasteiger partial charge in [0.05, 0.1) is 37.0 Å². The molecule has 3 aromatic rings. The third kappa shape index (κ3) is 3.31. The minimum Gasteiger partial charge on any atom is -0.377 e. The van der Waals surface area contributed by atoms with Gasteiger partial charge in [-0.1, -0.05) is 30.3 Å². The molecule has 0 unspecified atom stereocenters. The zero-order valence-electron chi connectivity index (χ0n) is 12.1. The highest BCUT2D eigenvalue weighted by atomic mass is 15.3. The molecule has 0 bridgehead atoms. The van der Waals surface area contributed by atoms with E-state index in [9.17, 15) is 0 Å². The molecule has 5 heteroatoms. The summed E-state index contributed by atoms with van der Waals surface area (Å²) in [6.45, 7) is 4.59. The van der Waals surface area contributed by atoms with Gasteiger partial charge < -0.3 is 9.88 Å². The number of hydrogen-bond donors (Lipinski definition) is 1. The highest BCUT2D eigenvalue weighted by Crippen LogP contribution is 2.10. The van der Waals surface area contributed by atoms with Crippen LogP contribution in [0.3, 0.4) is 0 Å². The van der Waals surface area contributed by atoms with E-state index in [0.717, 1.165) is 25.3 Å². The van der Waals surface area contributed by atoms with Gasteiger partial charge in [0, 0.05) is 18.9 Å². The Morgan fingerprint density at radius 3 is 2.81 bits per heavy atom. The summed E-state index contributed by atoms with van der Waals surface area (Å²) in [6.07, 6.45) is 7.63. The van der Waals surface area contributed by atoms with E-state index in [4.69, 9.17) is 0 Å². The van der Waals surface area contributed by atoms with Crippen molar-refractivity contribution in [3.8, 4) is 0 Å². The van der Waals surface area contributed by atoms with E-state index in [1.165, 1.54) is 11.3 Å². The van der Waals surface area contributed by atoms with E-state index >= 15 is 0 Å². The van der Waals surface area contributed by atoms with Crippen LogP contribution in [0.5, 0.6) is 0 Å². The number of aryl methyl sites for hydroxylation is 1.